The number of morpholine rings is 1. The summed E-state index contributed by atoms with van der Waals surface area (Å²) in [6.07, 6.45) is 1.14. The van der Waals surface area contributed by atoms with Gasteiger partial charge in [0.1, 0.15) is 12.7 Å². The molecule has 2 heterocycles. The number of ether oxygens (including phenoxy) is 2. The highest BCUT2D eigenvalue weighted by Crippen LogP contribution is 2.26. The van der Waals surface area contributed by atoms with E-state index in [0.717, 1.165) is 11.1 Å². The fourth-order valence-electron chi connectivity index (χ4n) is 4.30. The normalized spacial score (nSPS) is 17.7. The average molecular weight is 423 g/mol. The summed E-state index contributed by atoms with van der Waals surface area (Å²) in [6, 6.07) is 19.9. The Morgan fingerprint density at radius 3 is 1.94 bits per heavy atom. The Kier molecular flexibility index (Phi) is 7.33. The number of piperidine rings is 1. The summed E-state index contributed by atoms with van der Waals surface area (Å²) >= 11 is 0. The van der Waals surface area contributed by atoms with Crippen LogP contribution in [0.15, 0.2) is 60.7 Å². The van der Waals surface area contributed by atoms with E-state index in [2.05, 4.69) is 0 Å². The molecule has 2 fully saturated rings. The molecule has 0 aliphatic carbocycles. The van der Waals surface area contributed by atoms with Gasteiger partial charge in [0.15, 0.2) is 0 Å². The number of hydrogen-bond acceptors (Lipinski definition) is 4. The lowest BCUT2D eigenvalue weighted by molar-refractivity contribution is -0.145. The summed E-state index contributed by atoms with van der Waals surface area (Å²) in [5.41, 5.74) is 2.05. The predicted molar refractivity (Wildman–Crippen MR) is 117 cm³/mol. The zero-order chi connectivity index (χ0) is 21.5. The minimum Gasteiger partial charge on any atom is -0.378 e. The molecule has 0 aromatic heterocycles. The summed E-state index contributed by atoms with van der Waals surface area (Å²) < 4.78 is 11.5. The largest absolute Gasteiger partial charge is 0.378 e. The second kappa shape index (κ2) is 10.6. The fraction of sp³-hybridized carbons (Fsp3) is 0.440. The monoisotopic (exact) mass is 422 g/mol. The molecule has 4 rings (SSSR count). The van der Waals surface area contributed by atoms with Crippen LogP contribution in [0.5, 0.6) is 0 Å². The van der Waals surface area contributed by atoms with Crippen LogP contribution in [-0.4, -0.2) is 67.6 Å². The Bertz CT molecular complexity index is 805. The first-order valence-corrected chi connectivity index (χ1v) is 11.1. The topological polar surface area (TPSA) is 59.1 Å². The number of likely N-dealkylation sites (tertiary alicyclic amines) is 1. The van der Waals surface area contributed by atoms with Crippen LogP contribution in [0.1, 0.15) is 30.1 Å². The Balaban J connectivity index is 1.31. The van der Waals surface area contributed by atoms with Gasteiger partial charge in [0.05, 0.1) is 13.2 Å². The van der Waals surface area contributed by atoms with Crippen LogP contribution in [-0.2, 0) is 19.1 Å². The second-order valence-electron chi connectivity index (χ2n) is 8.11. The molecule has 0 N–H and O–H groups in total. The zero-order valence-electron chi connectivity index (χ0n) is 17.8. The van der Waals surface area contributed by atoms with Gasteiger partial charge in [-0.05, 0) is 24.0 Å². The Hall–Kier alpha value is -2.70. The van der Waals surface area contributed by atoms with Gasteiger partial charge in [0, 0.05) is 32.1 Å². The van der Waals surface area contributed by atoms with Crippen LogP contribution in [0, 0.1) is 5.92 Å². The Labute approximate surface area is 183 Å². The Morgan fingerprint density at radius 2 is 1.39 bits per heavy atom. The second-order valence-corrected chi connectivity index (χ2v) is 8.11. The van der Waals surface area contributed by atoms with E-state index in [1.807, 2.05) is 70.5 Å². The molecule has 2 aliphatic heterocycles. The molecule has 0 bridgehead atoms. The molecule has 0 atom stereocenters. The number of rotatable bonds is 6. The lowest BCUT2D eigenvalue weighted by Crippen LogP contribution is -2.48. The van der Waals surface area contributed by atoms with E-state index in [1.54, 1.807) is 0 Å². The number of hydrogen-bond donors (Lipinski definition) is 0. The molecule has 0 unspecified atom stereocenters. The van der Waals surface area contributed by atoms with Gasteiger partial charge in [0.2, 0.25) is 11.8 Å². The van der Waals surface area contributed by atoms with Crippen molar-refractivity contribution in [2.45, 2.75) is 18.9 Å². The minimum atomic E-state index is -0.285. The quantitative estimate of drug-likeness (QED) is 0.718. The number of carbonyl (C=O) groups is 2. The van der Waals surface area contributed by atoms with Crippen molar-refractivity contribution in [3.63, 3.8) is 0 Å². The molecule has 31 heavy (non-hydrogen) atoms. The number of nitrogens with zero attached hydrogens (tertiary/aromatic N) is 2. The van der Waals surface area contributed by atoms with Gasteiger partial charge in [0.25, 0.3) is 0 Å². The SMILES string of the molecule is O=C(COC(c1ccccc1)c1ccccc1)N1CCC(C(=O)N2CCOCC2)CC1. The van der Waals surface area contributed by atoms with E-state index >= 15 is 0 Å². The fourth-order valence-corrected chi connectivity index (χ4v) is 4.30. The summed E-state index contributed by atoms with van der Waals surface area (Å²) in [6.45, 7) is 3.80. The molecule has 2 amide bonds. The maximum atomic E-state index is 12.8. The molecule has 2 aromatic carbocycles. The molecule has 0 radical (unpaired) electrons. The van der Waals surface area contributed by atoms with Gasteiger partial charge in [-0.15, -0.1) is 0 Å². The standard InChI is InChI=1S/C25H30N2O4/c28-23(26-13-11-22(12-14-26)25(29)27-15-17-30-18-16-27)19-31-24(20-7-3-1-4-8-20)21-9-5-2-6-10-21/h1-10,22,24H,11-19H2. The average Bonchev–Trinajstić information content (AvgIpc) is 2.85. The predicted octanol–water partition coefficient (Wildman–Crippen LogP) is 2.89. The van der Waals surface area contributed by atoms with Gasteiger partial charge in [-0.1, -0.05) is 60.7 Å². The number of carbonyl (C=O) groups excluding carboxylic acids is 2. The first kappa shape index (κ1) is 21.5. The third-order valence-electron chi connectivity index (χ3n) is 6.10. The van der Waals surface area contributed by atoms with Crippen molar-refractivity contribution < 1.29 is 19.1 Å². The number of benzene rings is 2. The van der Waals surface area contributed by atoms with Gasteiger partial charge in [-0.2, -0.15) is 0 Å². The molecule has 164 valence electrons. The summed E-state index contributed by atoms with van der Waals surface area (Å²) in [5, 5.41) is 0. The maximum absolute atomic E-state index is 12.8. The molecular formula is C25H30N2O4. The smallest absolute Gasteiger partial charge is 0.248 e. The van der Waals surface area contributed by atoms with Crippen molar-refractivity contribution in [3.05, 3.63) is 71.8 Å². The highest BCUT2D eigenvalue weighted by Gasteiger charge is 2.31. The summed E-state index contributed by atoms with van der Waals surface area (Å²) in [7, 11) is 0. The molecule has 2 aliphatic rings. The summed E-state index contributed by atoms with van der Waals surface area (Å²) in [5.74, 6) is 0.193. The van der Waals surface area contributed by atoms with Crippen molar-refractivity contribution in [3.8, 4) is 0 Å². The van der Waals surface area contributed by atoms with Gasteiger partial charge < -0.3 is 19.3 Å². The van der Waals surface area contributed by atoms with E-state index in [4.69, 9.17) is 9.47 Å². The van der Waals surface area contributed by atoms with Crippen molar-refractivity contribution in [2.24, 2.45) is 5.92 Å². The first-order chi connectivity index (χ1) is 15.2. The van der Waals surface area contributed by atoms with Crippen LogP contribution in [0.4, 0.5) is 0 Å². The molecule has 0 saturated carbocycles. The molecule has 0 spiro atoms. The zero-order valence-corrected chi connectivity index (χ0v) is 17.8. The molecule has 2 aromatic rings. The van der Waals surface area contributed by atoms with Crippen LogP contribution in [0.3, 0.4) is 0 Å². The highest BCUT2D eigenvalue weighted by molar-refractivity contribution is 5.80. The van der Waals surface area contributed by atoms with Crippen LogP contribution < -0.4 is 0 Å². The molecule has 2 saturated heterocycles. The molecular weight excluding hydrogens is 392 g/mol. The van der Waals surface area contributed by atoms with E-state index in [1.165, 1.54) is 0 Å². The molecule has 6 heteroatoms. The van der Waals surface area contributed by atoms with Crippen molar-refractivity contribution in [1.29, 1.82) is 0 Å². The van der Waals surface area contributed by atoms with Crippen LogP contribution in [0.25, 0.3) is 0 Å². The highest BCUT2D eigenvalue weighted by atomic mass is 16.5. The van der Waals surface area contributed by atoms with Gasteiger partial charge in [-0.3, -0.25) is 9.59 Å². The van der Waals surface area contributed by atoms with Crippen molar-refractivity contribution in [2.75, 3.05) is 46.0 Å². The third kappa shape index (κ3) is 5.51. The number of amides is 2. The first-order valence-electron chi connectivity index (χ1n) is 11.1. The lowest BCUT2D eigenvalue weighted by atomic mass is 9.95. The van der Waals surface area contributed by atoms with Crippen molar-refractivity contribution in [1.82, 2.24) is 9.80 Å². The van der Waals surface area contributed by atoms with E-state index in [-0.39, 0.29) is 30.4 Å². The van der Waals surface area contributed by atoms with E-state index in [0.29, 0.717) is 52.2 Å². The minimum absolute atomic E-state index is 0.00412. The van der Waals surface area contributed by atoms with Gasteiger partial charge >= 0.3 is 0 Å². The maximum Gasteiger partial charge on any atom is 0.248 e. The van der Waals surface area contributed by atoms with Crippen LogP contribution in [0.2, 0.25) is 0 Å². The molecule has 6 nitrogen and oxygen atoms in total. The Morgan fingerprint density at radius 1 is 0.839 bits per heavy atom. The van der Waals surface area contributed by atoms with E-state index in [9.17, 15) is 9.59 Å². The van der Waals surface area contributed by atoms with Crippen LogP contribution >= 0.6 is 0 Å². The lowest BCUT2D eigenvalue weighted by Gasteiger charge is -2.35. The third-order valence-corrected chi connectivity index (χ3v) is 6.10. The van der Waals surface area contributed by atoms with Crippen molar-refractivity contribution >= 4 is 11.8 Å². The summed E-state index contributed by atoms with van der Waals surface area (Å²) in [4.78, 5) is 29.3. The van der Waals surface area contributed by atoms with E-state index < -0.39 is 0 Å². The van der Waals surface area contributed by atoms with Gasteiger partial charge in [-0.25, -0.2) is 0 Å².